The van der Waals surface area contributed by atoms with Gasteiger partial charge in [-0.3, -0.25) is 0 Å². The van der Waals surface area contributed by atoms with Crippen molar-refractivity contribution in [3.05, 3.63) is 35.4 Å². The van der Waals surface area contributed by atoms with E-state index in [2.05, 4.69) is 17.4 Å². The van der Waals surface area contributed by atoms with Crippen LogP contribution in [0.5, 0.6) is 0 Å². The summed E-state index contributed by atoms with van der Waals surface area (Å²) in [6.45, 7) is 1.23. The number of urea groups is 1. The number of carbonyl (C=O) groups is 2. The number of nitrogens with one attached hydrogen (secondary N) is 1. The minimum atomic E-state index is -1.08. The van der Waals surface area contributed by atoms with Gasteiger partial charge in [0.2, 0.25) is 0 Å². The molecule has 0 spiro atoms. The Hall–Kier alpha value is -2.08. The second-order valence-electron chi connectivity index (χ2n) is 5.00. The topological polar surface area (TPSA) is 78.9 Å². The van der Waals surface area contributed by atoms with Crippen LogP contribution in [0, 0.1) is 0 Å². The Labute approximate surface area is 123 Å². The maximum absolute atomic E-state index is 12.1. The molecule has 0 saturated heterocycles. The molecule has 6 heteroatoms. The largest absolute Gasteiger partial charge is 0.479 e. The summed E-state index contributed by atoms with van der Waals surface area (Å²) in [5.41, 5.74) is 2.54. The summed E-state index contributed by atoms with van der Waals surface area (Å²) in [7, 11) is 1.31. The smallest absolute Gasteiger partial charge is 0.334 e. The average Bonchev–Trinajstić information content (AvgIpc) is 2.70. The molecule has 0 saturated carbocycles. The van der Waals surface area contributed by atoms with Gasteiger partial charge in [0.1, 0.15) is 0 Å². The lowest BCUT2D eigenvalue weighted by atomic mass is 10.0. The van der Waals surface area contributed by atoms with Gasteiger partial charge in [-0.1, -0.05) is 24.3 Å². The van der Waals surface area contributed by atoms with Crippen LogP contribution in [-0.4, -0.2) is 54.9 Å². The summed E-state index contributed by atoms with van der Waals surface area (Å²) in [6, 6.07) is 7.94. The maximum atomic E-state index is 12.1. The highest BCUT2D eigenvalue weighted by Crippen LogP contribution is 2.15. The summed E-state index contributed by atoms with van der Waals surface area (Å²) < 4.78 is 4.79. The number of rotatable bonds is 4. The number of ether oxygens (including phenoxy) is 1. The minimum absolute atomic E-state index is 0.0336. The Morgan fingerprint density at radius 2 is 1.86 bits per heavy atom. The van der Waals surface area contributed by atoms with E-state index in [0.717, 1.165) is 12.8 Å². The van der Waals surface area contributed by atoms with E-state index < -0.39 is 12.1 Å². The number of carbonyl (C=O) groups excluding carboxylic acids is 1. The number of aliphatic carboxylic acids is 1. The number of benzene rings is 1. The molecule has 21 heavy (non-hydrogen) atoms. The molecule has 1 atom stereocenters. The van der Waals surface area contributed by atoms with Crippen LogP contribution in [-0.2, 0) is 22.4 Å². The molecule has 2 rings (SSSR count). The summed E-state index contributed by atoms with van der Waals surface area (Å²) in [6.07, 6.45) is 0.616. The van der Waals surface area contributed by atoms with Crippen molar-refractivity contribution in [1.82, 2.24) is 10.2 Å². The highest BCUT2D eigenvalue weighted by atomic mass is 16.5. The standard InChI is InChI=1S/C15H20N2O4/c1-21-13(14(18)19)10-16-15(20)17-8-6-11-4-2-3-5-12(11)7-9-17/h2-5,13H,6-10H2,1H3,(H,16,20)(H,18,19). The van der Waals surface area contributed by atoms with Crippen LogP contribution in [0.25, 0.3) is 0 Å². The van der Waals surface area contributed by atoms with Crippen LogP contribution in [0.4, 0.5) is 4.79 Å². The van der Waals surface area contributed by atoms with Crippen molar-refractivity contribution in [2.75, 3.05) is 26.7 Å². The maximum Gasteiger partial charge on any atom is 0.334 e. The lowest BCUT2D eigenvalue weighted by Gasteiger charge is -2.21. The third-order valence-corrected chi connectivity index (χ3v) is 3.71. The number of amides is 2. The monoisotopic (exact) mass is 292 g/mol. The molecule has 1 heterocycles. The van der Waals surface area contributed by atoms with Gasteiger partial charge >= 0.3 is 12.0 Å². The molecular weight excluding hydrogens is 272 g/mol. The lowest BCUT2D eigenvalue weighted by Crippen LogP contribution is -2.45. The molecule has 0 fully saturated rings. The van der Waals surface area contributed by atoms with Crippen LogP contribution < -0.4 is 5.32 Å². The number of fused-ring (bicyclic) bond motifs is 1. The molecule has 1 aliphatic rings. The van der Waals surface area contributed by atoms with E-state index in [1.54, 1.807) is 4.90 Å². The Kier molecular flexibility index (Phi) is 5.16. The number of hydrogen-bond acceptors (Lipinski definition) is 3. The second kappa shape index (κ2) is 7.08. The molecule has 2 amide bonds. The van der Waals surface area contributed by atoms with Crippen LogP contribution in [0.2, 0.25) is 0 Å². The molecule has 0 aliphatic carbocycles. The molecule has 0 aromatic heterocycles. The number of hydrogen-bond donors (Lipinski definition) is 2. The van der Waals surface area contributed by atoms with Crippen molar-refractivity contribution in [1.29, 1.82) is 0 Å². The molecule has 114 valence electrons. The van der Waals surface area contributed by atoms with Gasteiger partial charge in [0.25, 0.3) is 0 Å². The van der Waals surface area contributed by atoms with Gasteiger partial charge in [-0.05, 0) is 24.0 Å². The number of carboxylic acid groups (broad SMARTS) is 1. The third-order valence-electron chi connectivity index (χ3n) is 3.71. The predicted octanol–water partition coefficient (Wildman–Crippen LogP) is 0.896. The van der Waals surface area contributed by atoms with E-state index in [0.29, 0.717) is 13.1 Å². The number of nitrogens with zero attached hydrogens (tertiary/aromatic N) is 1. The Morgan fingerprint density at radius 3 is 2.33 bits per heavy atom. The van der Waals surface area contributed by atoms with Gasteiger partial charge in [0.05, 0.1) is 6.54 Å². The van der Waals surface area contributed by atoms with Crippen LogP contribution >= 0.6 is 0 Å². The van der Waals surface area contributed by atoms with E-state index in [-0.39, 0.29) is 12.6 Å². The normalized spacial score (nSPS) is 15.8. The minimum Gasteiger partial charge on any atom is -0.479 e. The van der Waals surface area contributed by atoms with Gasteiger partial charge in [-0.2, -0.15) is 0 Å². The first kappa shape index (κ1) is 15.3. The molecule has 1 unspecified atom stereocenters. The molecule has 6 nitrogen and oxygen atoms in total. The first-order valence-corrected chi connectivity index (χ1v) is 6.97. The molecular formula is C15H20N2O4. The molecule has 1 aliphatic heterocycles. The zero-order valence-corrected chi connectivity index (χ0v) is 12.0. The fraction of sp³-hybridized carbons (Fsp3) is 0.467. The zero-order valence-electron chi connectivity index (χ0n) is 12.0. The fourth-order valence-corrected chi connectivity index (χ4v) is 2.43. The zero-order chi connectivity index (χ0) is 15.2. The highest BCUT2D eigenvalue weighted by molar-refractivity contribution is 5.77. The fourth-order valence-electron chi connectivity index (χ4n) is 2.43. The molecule has 1 aromatic carbocycles. The van der Waals surface area contributed by atoms with Gasteiger partial charge in [0.15, 0.2) is 6.10 Å². The summed E-state index contributed by atoms with van der Waals surface area (Å²) in [5, 5.41) is 11.5. The molecule has 0 bridgehead atoms. The second-order valence-corrected chi connectivity index (χ2v) is 5.00. The SMILES string of the molecule is COC(CNC(=O)N1CCc2ccccc2CC1)C(=O)O. The van der Waals surface area contributed by atoms with Gasteiger partial charge in [-0.15, -0.1) is 0 Å². The van der Waals surface area contributed by atoms with E-state index in [4.69, 9.17) is 9.84 Å². The van der Waals surface area contributed by atoms with Gasteiger partial charge in [0, 0.05) is 20.2 Å². The number of methoxy groups -OCH3 is 1. The van der Waals surface area contributed by atoms with Crippen molar-refractivity contribution in [3.63, 3.8) is 0 Å². The molecule has 2 N–H and O–H groups in total. The van der Waals surface area contributed by atoms with Crippen molar-refractivity contribution >= 4 is 12.0 Å². The summed E-state index contributed by atoms with van der Waals surface area (Å²) >= 11 is 0. The predicted molar refractivity (Wildman–Crippen MR) is 77.3 cm³/mol. The lowest BCUT2D eigenvalue weighted by molar-refractivity contribution is -0.148. The van der Waals surface area contributed by atoms with Crippen LogP contribution in [0.3, 0.4) is 0 Å². The van der Waals surface area contributed by atoms with Crippen LogP contribution in [0.1, 0.15) is 11.1 Å². The quantitative estimate of drug-likeness (QED) is 0.864. The summed E-state index contributed by atoms with van der Waals surface area (Å²) in [4.78, 5) is 24.7. The first-order valence-electron chi connectivity index (χ1n) is 6.97. The van der Waals surface area contributed by atoms with Crippen molar-refractivity contribution in [2.24, 2.45) is 0 Å². The van der Waals surface area contributed by atoms with Gasteiger partial charge in [-0.25, -0.2) is 9.59 Å². The average molecular weight is 292 g/mol. The van der Waals surface area contributed by atoms with Crippen molar-refractivity contribution < 1.29 is 19.4 Å². The highest BCUT2D eigenvalue weighted by Gasteiger charge is 2.21. The first-order chi connectivity index (χ1) is 10.1. The van der Waals surface area contributed by atoms with E-state index in [1.807, 2.05) is 12.1 Å². The van der Waals surface area contributed by atoms with E-state index in [1.165, 1.54) is 18.2 Å². The Balaban J connectivity index is 1.89. The summed E-state index contributed by atoms with van der Waals surface area (Å²) in [5.74, 6) is -1.08. The van der Waals surface area contributed by atoms with E-state index >= 15 is 0 Å². The van der Waals surface area contributed by atoms with Gasteiger partial charge < -0.3 is 20.1 Å². The molecule has 0 radical (unpaired) electrons. The number of carboxylic acids is 1. The molecule has 1 aromatic rings. The van der Waals surface area contributed by atoms with Crippen molar-refractivity contribution in [2.45, 2.75) is 18.9 Å². The third kappa shape index (κ3) is 3.95. The van der Waals surface area contributed by atoms with Crippen molar-refractivity contribution in [3.8, 4) is 0 Å². The Bertz CT molecular complexity index is 491. The Morgan fingerprint density at radius 1 is 1.29 bits per heavy atom. The van der Waals surface area contributed by atoms with E-state index in [9.17, 15) is 9.59 Å². The van der Waals surface area contributed by atoms with Crippen LogP contribution in [0.15, 0.2) is 24.3 Å².